The third kappa shape index (κ3) is 6.90. The van der Waals surface area contributed by atoms with Crippen LogP contribution in [0.2, 0.25) is 0 Å². The van der Waals surface area contributed by atoms with Crippen molar-refractivity contribution in [2.24, 2.45) is 0 Å². The Balaban J connectivity index is 1.32. The highest BCUT2D eigenvalue weighted by Gasteiger charge is 2.50. The molecule has 0 unspecified atom stereocenters. The summed E-state index contributed by atoms with van der Waals surface area (Å²) in [5.41, 5.74) is -0.542. The van der Waals surface area contributed by atoms with Crippen LogP contribution in [0.15, 0.2) is 60.7 Å². The smallest absolute Gasteiger partial charge is 0.407 e. The van der Waals surface area contributed by atoms with Crippen molar-refractivity contribution >= 4 is 23.9 Å². The Bertz CT molecular complexity index is 1110. The first-order chi connectivity index (χ1) is 18.4. The molecule has 0 radical (unpaired) electrons. The molecule has 2 aliphatic carbocycles. The topological polar surface area (TPSA) is 123 Å². The summed E-state index contributed by atoms with van der Waals surface area (Å²) in [6.45, 7) is -0.110. The van der Waals surface area contributed by atoms with Crippen molar-refractivity contribution in [1.82, 2.24) is 16.0 Å². The number of esters is 1. The summed E-state index contributed by atoms with van der Waals surface area (Å²) >= 11 is 0. The maximum absolute atomic E-state index is 13.6. The van der Waals surface area contributed by atoms with Gasteiger partial charge in [-0.3, -0.25) is 9.59 Å². The van der Waals surface area contributed by atoms with E-state index in [1.165, 1.54) is 0 Å². The monoisotopic (exact) mass is 521 g/mol. The molecule has 2 saturated carbocycles. The van der Waals surface area contributed by atoms with Gasteiger partial charge >= 0.3 is 12.1 Å². The fourth-order valence-electron chi connectivity index (χ4n) is 5.18. The Morgan fingerprint density at radius 3 is 1.71 bits per heavy atom. The number of hydrogen-bond acceptors (Lipinski definition) is 6. The minimum atomic E-state index is -1.14. The molecule has 0 spiro atoms. The number of carbonyl (C=O) groups excluding carboxylic acids is 4. The number of alkyl carbamates (subject to hydrolysis) is 1. The third-order valence-electron chi connectivity index (χ3n) is 7.29. The lowest BCUT2D eigenvalue weighted by atomic mass is 9.91. The van der Waals surface area contributed by atoms with E-state index in [0.29, 0.717) is 25.7 Å². The molecule has 202 valence electrons. The van der Waals surface area contributed by atoms with E-state index in [9.17, 15) is 19.2 Å². The van der Waals surface area contributed by atoms with Crippen LogP contribution in [0, 0.1) is 0 Å². The first-order valence-corrected chi connectivity index (χ1v) is 13.2. The van der Waals surface area contributed by atoms with Crippen LogP contribution in [-0.4, -0.2) is 41.5 Å². The van der Waals surface area contributed by atoms with Crippen molar-refractivity contribution in [2.45, 2.75) is 75.7 Å². The minimum Gasteiger partial charge on any atom is -0.459 e. The maximum Gasteiger partial charge on any atom is 0.407 e. The average Bonchev–Trinajstić information content (AvgIpc) is 3.62. The molecule has 0 saturated heterocycles. The summed E-state index contributed by atoms with van der Waals surface area (Å²) < 4.78 is 10.8. The minimum absolute atomic E-state index is 0.0864. The van der Waals surface area contributed by atoms with Gasteiger partial charge in [0.15, 0.2) is 0 Å². The van der Waals surface area contributed by atoms with Crippen molar-refractivity contribution in [2.75, 3.05) is 6.54 Å². The zero-order valence-corrected chi connectivity index (χ0v) is 21.5. The molecule has 0 atom stereocenters. The number of carbonyl (C=O) groups is 4. The second-order valence-electron chi connectivity index (χ2n) is 10.1. The van der Waals surface area contributed by atoms with Crippen molar-refractivity contribution < 1.29 is 28.7 Å². The van der Waals surface area contributed by atoms with Crippen LogP contribution in [0.4, 0.5) is 4.79 Å². The summed E-state index contributed by atoms with van der Waals surface area (Å²) in [6, 6.07) is 18.6. The number of nitrogens with one attached hydrogen (secondary N) is 3. The molecular formula is C29H35N3O6. The molecule has 9 heteroatoms. The van der Waals surface area contributed by atoms with Gasteiger partial charge in [-0.2, -0.15) is 0 Å². The van der Waals surface area contributed by atoms with E-state index < -0.39 is 29.0 Å². The number of amides is 3. The van der Waals surface area contributed by atoms with Crippen molar-refractivity contribution in [1.29, 1.82) is 0 Å². The molecule has 0 aliphatic heterocycles. The fourth-order valence-corrected chi connectivity index (χ4v) is 5.18. The molecule has 0 bridgehead atoms. The normalized spacial score (nSPS) is 17.3. The van der Waals surface area contributed by atoms with E-state index in [-0.39, 0.29) is 25.7 Å². The van der Waals surface area contributed by atoms with E-state index in [1.54, 1.807) is 0 Å². The third-order valence-corrected chi connectivity index (χ3v) is 7.29. The molecule has 0 heterocycles. The zero-order chi connectivity index (χ0) is 26.8. The highest BCUT2D eigenvalue weighted by molar-refractivity contribution is 5.96. The highest BCUT2D eigenvalue weighted by Crippen LogP contribution is 2.35. The summed E-state index contributed by atoms with van der Waals surface area (Å²) in [4.78, 5) is 51.6. The quantitative estimate of drug-likeness (QED) is 0.411. The van der Waals surface area contributed by atoms with Crippen molar-refractivity contribution in [3.05, 3.63) is 71.8 Å². The number of rotatable bonds is 10. The molecule has 3 amide bonds. The zero-order valence-electron chi connectivity index (χ0n) is 21.5. The van der Waals surface area contributed by atoms with Gasteiger partial charge < -0.3 is 25.4 Å². The molecule has 3 N–H and O–H groups in total. The molecule has 2 aromatic carbocycles. The summed E-state index contributed by atoms with van der Waals surface area (Å²) in [5.74, 6) is -1.33. The molecule has 2 aromatic rings. The Hall–Kier alpha value is -3.88. The molecule has 0 aromatic heterocycles. The Kier molecular flexibility index (Phi) is 8.99. The van der Waals surface area contributed by atoms with Gasteiger partial charge in [-0.25, -0.2) is 9.59 Å². The second-order valence-corrected chi connectivity index (χ2v) is 10.1. The van der Waals surface area contributed by atoms with Gasteiger partial charge in [-0.1, -0.05) is 86.3 Å². The van der Waals surface area contributed by atoms with Gasteiger partial charge in [-0.15, -0.1) is 0 Å². The largest absolute Gasteiger partial charge is 0.459 e. The lowest BCUT2D eigenvalue weighted by molar-refractivity contribution is -0.155. The van der Waals surface area contributed by atoms with Crippen LogP contribution in [0.3, 0.4) is 0 Å². The van der Waals surface area contributed by atoms with Crippen LogP contribution in [0.25, 0.3) is 0 Å². The SMILES string of the molecule is O=C(CNC(=O)OCc1ccccc1)NC1(C(=O)NC2(C(=O)OCc3ccccc3)CCCC2)CCCC1. The van der Waals surface area contributed by atoms with Crippen LogP contribution in [0.1, 0.15) is 62.5 Å². The van der Waals surface area contributed by atoms with Crippen LogP contribution < -0.4 is 16.0 Å². The Morgan fingerprint density at radius 1 is 0.658 bits per heavy atom. The second kappa shape index (κ2) is 12.6. The molecule has 38 heavy (non-hydrogen) atoms. The molecule has 2 fully saturated rings. The van der Waals surface area contributed by atoms with Gasteiger partial charge in [0.25, 0.3) is 0 Å². The van der Waals surface area contributed by atoms with Crippen molar-refractivity contribution in [3.63, 3.8) is 0 Å². The Morgan fingerprint density at radius 2 is 1.16 bits per heavy atom. The van der Waals surface area contributed by atoms with E-state index in [1.807, 2.05) is 60.7 Å². The first-order valence-electron chi connectivity index (χ1n) is 13.2. The molecule has 2 aliphatic rings. The molecule has 4 rings (SSSR count). The van der Waals surface area contributed by atoms with Gasteiger partial charge in [0.2, 0.25) is 11.8 Å². The van der Waals surface area contributed by atoms with Gasteiger partial charge in [0, 0.05) is 0 Å². The van der Waals surface area contributed by atoms with Gasteiger partial charge in [-0.05, 0) is 36.8 Å². The van der Waals surface area contributed by atoms with Crippen LogP contribution in [-0.2, 0) is 37.1 Å². The molecule has 9 nitrogen and oxygen atoms in total. The Labute approximate surface area is 222 Å². The lowest BCUT2D eigenvalue weighted by Gasteiger charge is -2.35. The fraction of sp³-hybridized carbons (Fsp3) is 0.448. The van der Waals surface area contributed by atoms with Gasteiger partial charge in [0.05, 0.1) is 0 Å². The standard InChI is InChI=1S/C29H35N3O6/c33-24(19-30-27(36)38-21-23-13-5-2-6-14-23)31-28(15-7-8-16-28)25(34)32-29(17-9-10-18-29)26(35)37-20-22-11-3-1-4-12-22/h1-6,11-14H,7-10,15-21H2,(H,30,36)(H,31,33)(H,32,34). The van der Waals surface area contributed by atoms with E-state index in [2.05, 4.69) is 16.0 Å². The summed E-state index contributed by atoms with van der Waals surface area (Å²) in [7, 11) is 0. The van der Waals surface area contributed by atoms with Crippen LogP contribution >= 0.6 is 0 Å². The highest BCUT2D eigenvalue weighted by atomic mass is 16.5. The predicted octanol–water partition coefficient (Wildman–Crippen LogP) is 3.51. The van der Waals surface area contributed by atoms with Gasteiger partial charge in [0.1, 0.15) is 30.8 Å². The number of ether oxygens (including phenoxy) is 2. The summed E-state index contributed by atoms with van der Waals surface area (Å²) in [6.07, 6.45) is 4.31. The van der Waals surface area contributed by atoms with Crippen LogP contribution in [0.5, 0.6) is 0 Å². The van der Waals surface area contributed by atoms with Crippen molar-refractivity contribution in [3.8, 4) is 0 Å². The molecular weight excluding hydrogens is 486 g/mol. The predicted molar refractivity (Wildman–Crippen MR) is 140 cm³/mol. The van der Waals surface area contributed by atoms with E-state index in [0.717, 1.165) is 36.8 Å². The number of benzene rings is 2. The maximum atomic E-state index is 13.6. The average molecular weight is 522 g/mol. The lowest BCUT2D eigenvalue weighted by Crippen LogP contribution is -2.64. The van der Waals surface area contributed by atoms with E-state index in [4.69, 9.17) is 9.47 Å². The first kappa shape index (κ1) is 27.2. The number of hydrogen-bond donors (Lipinski definition) is 3. The van der Waals surface area contributed by atoms with E-state index >= 15 is 0 Å². The summed E-state index contributed by atoms with van der Waals surface area (Å²) in [5, 5.41) is 8.25.